The maximum Gasteiger partial charge on any atom is 0.330 e. The molecule has 4 rings (SSSR count). The molecule has 3 fully saturated rings. The van der Waals surface area contributed by atoms with E-state index in [2.05, 4.69) is 74.7 Å². The van der Waals surface area contributed by atoms with E-state index < -0.39 is 122 Å². The molecule has 0 amide bonds. The molecule has 15 atom stereocenters. The molecule has 0 aromatic heterocycles. The average Bonchev–Trinajstić information content (AvgIpc) is 0.750. The number of allylic oxidation sites excluding steroid dienone is 2. The van der Waals surface area contributed by atoms with Crippen molar-refractivity contribution in [2.24, 2.45) is 28.6 Å². The van der Waals surface area contributed by atoms with Gasteiger partial charge in [0.1, 0.15) is 12.4 Å². The minimum Gasteiger partial charge on any atom is -0.481 e. The number of aliphatic hydroxyl groups excluding tert-OH is 3. The molecule has 0 aliphatic carbocycles. The molecule has 4 heterocycles. The molecule has 4 aliphatic heterocycles. The van der Waals surface area contributed by atoms with Crippen LogP contribution in [0.3, 0.4) is 0 Å². The van der Waals surface area contributed by atoms with E-state index in [4.69, 9.17) is 61.6 Å². The molecule has 638 valence electrons. The van der Waals surface area contributed by atoms with Crippen molar-refractivity contribution in [2.45, 2.75) is 341 Å². The second-order valence-electron chi connectivity index (χ2n) is 33.2. The van der Waals surface area contributed by atoms with E-state index >= 15 is 0 Å². The molecule has 0 aromatic rings. The zero-order chi connectivity index (χ0) is 83.6. The Morgan fingerprint density at radius 2 is 1.30 bits per heavy atom. The zero-order valence-corrected chi connectivity index (χ0v) is 71.2. The Kier molecular flexibility index (Phi) is 47.9. The van der Waals surface area contributed by atoms with Crippen molar-refractivity contribution in [1.82, 2.24) is 0 Å². The van der Waals surface area contributed by atoms with Gasteiger partial charge in [-0.3, -0.25) is 24.0 Å². The highest BCUT2D eigenvalue weighted by Crippen LogP contribution is 2.49. The molecule has 2 unspecified atom stereocenters. The van der Waals surface area contributed by atoms with E-state index in [-0.39, 0.29) is 99.7 Å². The van der Waals surface area contributed by atoms with Crippen molar-refractivity contribution in [3.05, 3.63) is 72.9 Å². The van der Waals surface area contributed by atoms with E-state index in [9.17, 15) is 59.1 Å². The highest BCUT2D eigenvalue weighted by atomic mass is 28.4. The predicted molar refractivity (Wildman–Crippen MR) is 426 cm³/mol. The molecular formula is C85H144O25Si. The minimum atomic E-state index is -2.27. The number of unbranched alkanes of at least 4 members (excludes halogenated alkanes) is 8. The number of esters is 5. The summed E-state index contributed by atoms with van der Waals surface area (Å²) in [5.74, 6) is -6.81. The summed E-state index contributed by atoms with van der Waals surface area (Å²) in [5, 5.41) is 64.9. The Balaban J connectivity index is 0.000000621. The van der Waals surface area contributed by atoms with Gasteiger partial charge in [-0.25, -0.2) is 9.59 Å². The number of aliphatic hydroxyl groups is 5. The normalized spacial score (nSPS) is 27.0. The SMILES string of the molecule is C=CCC1C[C@H]2CCOCC[C@@H](O)CC(=O)O[C@@H](CO)C[C@@H]3C/C(=C\C(=O)OC)[C@H](OC(=O)CCCCCCC)[C@@](O)(O3)C(C)(C)/C=C/[C@@H](O1)O2.C=CC[C@H](C)C[C@H](C)CCOCC[C@@H](C)CC(=O)O.CCCCCCCC(=O)O[C@H]1/C(=C/C(=O)OC)C[C@@H](CC(O)CO[Si](C)(C)C(C)(C)C)O[C@@]1(O)C(C)(C)/C=C/C=O. The Bertz CT molecular complexity index is 2900. The van der Waals surface area contributed by atoms with Crippen molar-refractivity contribution in [2.75, 3.05) is 53.9 Å². The van der Waals surface area contributed by atoms with Gasteiger partial charge >= 0.3 is 35.8 Å². The van der Waals surface area contributed by atoms with Gasteiger partial charge < -0.3 is 87.2 Å². The molecule has 0 saturated carbocycles. The van der Waals surface area contributed by atoms with Crippen molar-refractivity contribution in [1.29, 1.82) is 0 Å². The molecule has 4 bridgehead atoms. The highest BCUT2D eigenvalue weighted by Gasteiger charge is 2.59. The summed E-state index contributed by atoms with van der Waals surface area (Å²) in [6.07, 6.45) is 19.8. The van der Waals surface area contributed by atoms with Gasteiger partial charge in [0.2, 0.25) is 11.6 Å². The molecule has 6 N–H and O–H groups in total. The maximum atomic E-state index is 13.3. The van der Waals surface area contributed by atoms with Crippen LogP contribution >= 0.6 is 0 Å². The van der Waals surface area contributed by atoms with Crippen molar-refractivity contribution < 1.29 is 121 Å². The van der Waals surface area contributed by atoms with E-state index in [0.717, 1.165) is 77.2 Å². The molecule has 111 heavy (non-hydrogen) atoms. The van der Waals surface area contributed by atoms with Crippen LogP contribution in [-0.4, -0.2) is 208 Å². The zero-order valence-electron chi connectivity index (χ0n) is 70.2. The van der Waals surface area contributed by atoms with Gasteiger partial charge in [-0.05, 0) is 130 Å². The Labute approximate surface area is 664 Å². The number of rotatable bonds is 39. The number of aldehydes is 1. The lowest BCUT2D eigenvalue weighted by molar-refractivity contribution is -0.327. The number of ether oxygens (including phenoxy) is 11. The van der Waals surface area contributed by atoms with Gasteiger partial charge in [-0.15, -0.1) is 13.2 Å². The maximum absolute atomic E-state index is 13.3. The van der Waals surface area contributed by atoms with Crippen LogP contribution in [0, 0.1) is 28.6 Å². The number of carbonyl (C=O) groups excluding carboxylic acids is 6. The predicted octanol–water partition coefficient (Wildman–Crippen LogP) is 13.9. The van der Waals surface area contributed by atoms with Crippen LogP contribution in [0.25, 0.3) is 0 Å². The molecule has 25 nitrogen and oxygen atoms in total. The fourth-order valence-corrected chi connectivity index (χ4v) is 14.3. The summed E-state index contributed by atoms with van der Waals surface area (Å²) < 4.78 is 69.7. The standard InChI is InChI=1S/C38H60O13.C31H54O9Si.C16H30O3/c1-6-8-9-10-11-13-32(41)50-36-26(21-33(42)45-5)20-30-24-31(25-39)47-34(43)22-27(40)15-18-46-19-16-29-23-28(12-7-2)48-35(49-29)14-17-37(3,4)38(36,44)51-30;1-10-11-12-13-14-16-26(34)39-28-23(20-27(35)37-7)19-25(40-31(28,36)30(5,6)17-15-18-32)21-24(33)22-38-41(8,9)29(2,3)4;1-5-6-13(2)11-14(3)7-9-19-10-8-15(4)12-16(17)18/h7,14,17,21,27-31,35-36,39-40,44H,2,6,8-13,15-16,18-20,22-25H2,1,3-5H3;15,17-18,20,24-25,28,33,36H,10-14,16,19,21-22H2,1-9H3;5,13-15H,1,6-12H2,2-4H3,(H,17,18)/b17-14+,26-21+;17-15+,23-20+;/t27-,28?,29-,30+,31-,35+,36+,38-;24?,25-,28-,31+;13-,14+,15+/m100/s1. The third-order valence-electron chi connectivity index (χ3n) is 21.2. The highest BCUT2D eigenvalue weighted by molar-refractivity contribution is 6.74. The van der Waals surface area contributed by atoms with Crippen LogP contribution in [0.4, 0.5) is 0 Å². The topological polar surface area (TPSA) is 352 Å². The first-order valence-corrected chi connectivity index (χ1v) is 43.4. The molecule has 26 heteroatoms. The van der Waals surface area contributed by atoms with Crippen molar-refractivity contribution >= 4 is 50.4 Å². The lowest BCUT2D eigenvalue weighted by atomic mass is 9.74. The van der Waals surface area contributed by atoms with Crippen molar-refractivity contribution in [3.8, 4) is 0 Å². The monoisotopic (exact) mass is 1590 g/mol. The van der Waals surface area contributed by atoms with Crippen LogP contribution in [0.2, 0.25) is 18.1 Å². The van der Waals surface area contributed by atoms with Crippen LogP contribution in [0.1, 0.15) is 250 Å². The summed E-state index contributed by atoms with van der Waals surface area (Å²) >= 11 is 0. The number of hydrogen-bond acceptors (Lipinski definition) is 24. The van der Waals surface area contributed by atoms with E-state index in [0.29, 0.717) is 69.0 Å². The quantitative estimate of drug-likeness (QED) is 0.00633. The Morgan fingerprint density at radius 1 is 0.730 bits per heavy atom. The van der Waals surface area contributed by atoms with Gasteiger partial charge in [0.25, 0.3) is 0 Å². The third-order valence-corrected chi connectivity index (χ3v) is 25.7. The fraction of sp³-hybridized carbons (Fsp3) is 0.776. The first-order chi connectivity index (χ1) is 52.2. The van der Waals surface area contributed by atoms with Gasteiger partial charge in [-0.1, -0.05) is 159 Å². The van der Waals surface area contributed by atoms with Gasteiger partial charge in [0.05, 0.1) is 70.5 Å². The second kappa shape index (κ2) is 52.3. The number of aliphatic carboxylic acids is 1. The van der Waals surface area contributed by atoms with Crippen LogP contribution < -0.4 is 0 Å². The fourth-order valence-electron chi connectivity index (χ4n) is 13.3. The third kappa shape index (κ3) is 37.9. The average molecular weight is 1590 g/mol. The largest absolute Gasteiger partial charge is 0.481 e. The minimum absolute atomic E-state index is 0.0145. The van der Waals surface area contributed by atoms with E-state index in [1.54, 1.807) is 45.9 Å². The Hall–Kier alpha value is -5.33. The van der Waals surface area contributed by atoms with Crippen LogP contribution in [0.15, 0.2) is 72.9 Å². The van der Waals surface area contributed by atoms with Gasteiger partial charge in [0, 0.05) is 87.9 Å². The Morgan fingerprint density at radius 3 is 1.85 bits per heavy atom. The number of methoxy groups -OCH3 is 2. The summed E-state index contributed by atoms with van der Waals surface area (Å²) in [4.78, 5) is 85.6. The van der Waals surface area contributed by atoms with E-state index in [1.165, 1.54) is 44.9 Å². The lowest BCUT2D eigenvalue weighted by Gasteiger charge is -2.51. The van der Waals surface area contributed by atoms with E-state index in [1.807, 2.05) is 13.0 Å². The molecule has 0 aromatic carbocycles. The number of carbonyl (C=O) groups is 7. The van der Waals surface area contributed by atoms with Crippen LogP contribution in [-0.2, 0) is 90.1 Å². The molecule has 0 spiro atoms. The summed E-state index contributed by atoms with van der Waals surface area (Å²) in [6, 6.07) is 0. The van der Waals surface area contributed by atoms with Gasteiger partial charge in [0.15, 0.2) is 26.8 Å². The smallest absolute Gasteiger partial charge is 0.330 e. The molecule has 0 radical (unpaired) electrons. The number of carboxylic acids is 1. The number of carboxylic acid groups (broad SMARTS) is 1. The van der Waals surface area contributed by atoms with Gasteiger partial charge in [-0.2, -0.15) is 0 Å². The molecular weight excluding hydrogens is 1450 g/mol. The lowest BCUT2D eigenvalue weighted by Crippen LogP contribution is -2.62. The first-order valence-electron chi connectivity index (χ1n) is 40.5. The molecule has 4 aliphatic rings. The number of fused-ring (bicyclic) bond motifs is 4. The summed E-state index contributed by atoms with van der Waals surface area (Å²) in [5.41, 5.74) is -2.02. The molecule has 3 saturated heterocycles. The summed E-state index contributed by atoms with van der Waals surface area (Å²) in [6.45, 7) is 37.1. The second-order valence-corrected chi connectivity index (χ2v) is 38.0. The first kappa shape index (κ1) is 102. The van der Waals surface area contributed by atoms with Crippen molar-refractivity contribution in [3.63, 3.8) is 0 Å². The van der Waals surface area contributed by atoms with Crippen LogP contribution in [0.5, 0.6) is 0 Å². The summed E-state index contributed by atoms with van der Waals surface area (Å²) in [7, 11) is 0.329. The number of hydrogen-bond donors (Lipinski definition) is 6. The number of cyclic esters (lactones) is 1.